The molecule has 2 aliphatic rings. The number of hydrogen-bond donors (Lipinski definition) is 2. The lowest BCUT2D eigenvalue weighted by atomic mass is 9.97. The predicted octanol–water partition coefficient (Wildman–Crippen LogP) is 1.60. The first-order valence-electron chi connectivity index (χ1n) is 9.35. The lowest BCUT2D eigenvalue weighted by Crippen LogP contribution is -2.55. The van der Waals surface area contributed by atoms with Crippen LogP contribution in [0.1, 0.15) is 22.0 Å². The van der Waals surface area contributed by atoms with Crippen molar-refractivity contribution in [3.05, 3.63) is 59.4 Å². The maximum absolute atomic E-state index is 13.7. The molecule has 2 amide bonds. The molecule has 0 bridgehead atoms. The summed E-state index contributed by atoms with van der Waals surface area (Å²) in [6.07, 6.45) is 0. The summed E-state index contributed by atoms with van der Waals surface area (Å²) in [5, 5.41) is 5.11. The van der Waals surface area contributed by atoms with Gasteiger partial charge in [-0.2, -0.15) is 0 Å². The molecule has 2 N–H and O–H groups in total. The predicted molar refractivity (Wildman–Crippen MR) is 103 cm³/mol. The Kier molecular flexibility index (Phi) is 4.17. The summed E-state index contributed by atoms with van der Waals surface area (Å²) in [4.78, 5) is 28.8. The highest BCUT2D eigenvalue weighted by Gasteiger charge is 2.35. The van der Waals surface area contributed by atoms with E-state index in [1.165, 1.54) is 18.2 Å². The molecule has 29 heavy (non-hydrogen) atoms. The number of carbonyl (C=O) groups is 2. The second-order valence-corrected chi connectivity index (χ2v) is 7.08. The van der Waals surface area contributed by atoms with Gasteiger partial charge in [-0.15, -0.1) is 0 Å². The number of amides is 2. The summed E-state index contributed by atoms with van der Waals surface area (Å²) < 4.78 is 19.1. The van der Waals surface area contributed by atoms with E-state index in [0.29, 0.717) is 37.3 Å². The van der Waals surface area contributed by atoms with Crippen LogP contribution in [0.15, 0.2) is 47.0 Å². The van der Waals surface area contributed by atoms with E-state index in [4.69, 9.17) is 4.52 Å². The number of hydrogen-bond acceptors (Lipinski definition) is 6. The van der Waals surface area contributed by atoms with E-state index in [0.717, 1.165) is 16.8 Å². The zero-order valence-corrected chi connectivity index (χ0v) is 15.4. The third-order valence-corrected chi connectivity index (χ3v) is 5.40. The number of fused-ring (bicyclic) bond motifs is 2. The van der Waals surface area contributed by atoms with Crippen LogP contribution >= 0.6 is 0 Å². The zero-order valence-electron chi connectivity index (χ0n) is 15.4. The lowest BCUT2D eigenvalue weighted by Gasteiger charge is -2.37. The number of anilines is 1. The van der Waals surface area contributed by atoms with E-state index in [1.54, 1.807) is 4.90 Å². The first-order chi connectivity index (χ1) is 14.1. The SMILES string of the molecule is O=C1NNC(C(=O)N2CCN(c3noc4ccccc34)CC2)c2cc(F)ccc21. The van der Waals surface area contributed by atoms with Gasteiger partial charge in [0, 0.05) is 31.7 Å². The molecule has 2 aliphatic heterocycles. The number of piperazine rings is 1. The van der Waals surface area contributed by atoms with Crippen LogP contribution in [0, 0.1) is 5.82 Å². The summed E-state index contributed by atoms with van der Waals surface area (Å²) in [5.41, 5.74) is 6.58. The summed E-state index contributed by atoms with van der Waals surface area (Å²) in [6, 6.07) is 10.7. The van der Waals surface area contributed by atoms with Crippen LogP contribution in [0.4, 0.5) is 10.2 Å². The van der Waals surface area contributed by atoms with Gasteiger partial charge in [0.15, 0.2) is 11.4 Å². The molecule has 2 aromatic carbocycles. The van der Waals surface area contributed by atoms with Gasteiger partial charge in [-0.1, -0.05) is 17.3 Å². The first kappa shape index (κ1) is 17.6. The molecule has 3 heterocycles. The maximum Gasteiger partial charge on any atom is 0.265 e. The number of carbonyl (C=O) groups excluding carboxylic acids is 2. The molecule has 1 aromatic heterocycles. The van der Waals surface area contributed by atoms with Crippen LogP contribution < -0.4 is 15.8 Å². The fraction of sp³-hybridized carbons (Fsp3) is 0.250. The van der Waals surface area contributed by atoms with Crippen molar-refractivity contribution in [2.45, 2.75) is 6.04 Å². The average Bonchev–Trinajstić information content (AvgIpc) is 3.18. The zero-order chi connectivity index (χ0) is 20.0. The van der Waals surface area contributed by atoms with E-state index >= 15 is 0 Å². The number of para-hydroxylation sites is 1. The van der Waals surface area contributed by atoms with E-state index in [-0.39, 0.29) is 11.8 Å². The molecular weight excluding hydrogens is 377 g/mol. The highest BCUT2D eigenvalue weighted by molar-refractivity contribution is 5.99. The van der Waals surface area contributed by atoms with Gasteiger partial charge in [0.1, 0.15) is 11.9 Å². The molecule has 9 heteroatoms. The Morgan fingerprint density at radius 3 is 2.76 bits per heavy atom. The number of aromatic nitrogens is 1. The third kappa shape index (κ3) is 2.99. The molecule has 1 unspecified atom stereocenters. The molecule has 0 aliphatic carbocycles. The van der Waals surface area contributed by atoms with Crippen molar-refractivity contribution >= 4 is 28.6 Å². The molecule has 0 spiro atoms. The molecule has 5 rings (SSSR count). The molecule has 1 saturated heterocycles. The molecule has 8 nitrogen and oxygen atoms in total. The van der Waals surface area contributed by atoms with Crippen molar-refractivity contribution in [3.8, 4) is 0 Å². The Labute approximate surface area is 165 Å². The quantitative estimate of drug-likeness (QED) is 0.685. The van der Waals surface area contributed by atoms with Crippen LogP contribution in [0.2, 0.25) is 0 Å². The Hall–Kier alpha value is -3.46. The van der Waals surface area contributed by atoms with Gasteiger partial charge in [-0.3, -0.25) is 15.0 Å². The van der Waals surface area contributed by atoms with Gasteiger partial charge in [0.25, 0.3) is 5.91 Å². The number of rotatable bonds is 2. The normalized spacial score (nSPS) is 19.2. The van der Waals surface area contributed by atoms with Crippen molar-refractivity contribution in [2.24, 2.45) is 0 Å². The van der Waals surface area contributed by atoms with Crippen molar-refractivity contribution in [1.82, 2.24) is 20.9 Å². The van der Waals surface area contributed by atoms with Gasteiger partial charge >= 0.3 is 0 Å². The van der Waals surface area contributed by atoms with Gasteiger partial charge in [0.05, 0.1) is 5.39 Å². The molecule has 1 fully saturated rings. The van der Waals surface area contributed by atoms with E-state index in [1.807, 2.05) is 24.3 Å². The van der Waals surface area contributed by atoms with Crippen LogP contribution in [0.3, 0.4) is 0 Å². The van der Waals surface area contributed by atoms with E-state index in [2.05, 4.69) is 20.9 Å². The first-order valence-corrected chi connectivity index (χ1v) is 9.35. The standard InChI is InChI=1S/C20H18FN5O3/c21-12-5-6-13-15(11-12)17(22-23-19(13)27)20(28)26-9-7-25(8-10-26)18-14-3-1-2-4-16(14)29-24-18/h1-6,11,17,22H,7-10H2,(H,23,27). The minimum Gasteiger partial charge on any atom is -0.354 e. The summed E-state index contributed by atoms with van der Waals surface area (Å²) in [5.74, 6) is -0.308. The Balaban J connectivity index is 1.33. The molecular formula is C20H18FN5O3. The highest BCUT2D eigenvalue weighted by Crippen LogP contribution is 2.28. The number of halogens is 1. The average molecular weight is 395 g/mol. The number of hydrazine groups is 1. The topological polar surface area (TPSA) is 90.7 Å². The van der Waals surface area contributed by atoms with Gasteiger partial charge < -0.3 is 14.3 Å². The second-order valence-electron chi connectivity index (χ2n) is 7.08. The van der Waals surface area contributed by atoms with Crippen LogP contribution in [0.5, 0.6) is 0 Å². The summed E-state index contributed by atoms with van der Waals surface area (Å²) in [7, 11) is 0. The van der Waals surface area contributed by atoms with E-state index in [9.17, 15) is 14.0 Å². The number of nitrogens with zero attached hydrogens (tertiary/aromatic N) is 3. The fourth-order valence-corrected chi connectivity index (χ4v) is 3.88. The van der Waals surface area contributed by atoms with Crippen molar-refractivity contribution in [3.63, 3.8) is 0 Å². The van der Waals surface area contributed by atoms with Crippen molar-refractivity contribution < 1.29 is 18.5 Å². The van der Waals surface area contributed by atoms with Crippen molar-refractivity contribution in [1.29, 1.82) is 0 Å². The summed E-state index contributed by atoms with van der Waals surface area (Å²) in [6.45, 7) is 2.16. The Morgan fingerprint density at radius 1 is 1.14 bits per heavy atom. The summed E-state index contributed by atoms with van der Waals surface area (Å²) >= 11 is 0. The third-order valence-electron chi connectivity index (χ3n) is 5.40. The molecule has 0 saturated carbocycles. The fourth-order valence-electron chi connectivity index (χ4n) is 3.88. The molecule has 1 atom stereocenters. The van der Waals surface area contributed by atoms with Gasteiger partial charge in [0.2, 0.25) is 5.91 Å². The molecule has 148 valence electrons. The van der Waals surface area contributed by atoms with Crippen LogP contribution in [0.25, 0.3) is 11.0 Å². The van der Waals surface area contributed by atoms with Crippen molar-refractivity contribution in [2.75, 3.05) is 31.1 Å². The highest BCUT2D eigenvalue weighted by atomic mass is 19.1. The van der Waals surface area contributed by atoms with Gasteiger partial charge in [-0.25, -0.2) is 9.82 Å². The van der Waals surface area contributed by atoms with E-state index < -0.39 is 11.9 Å². The minimum atomic E-state index is -0.821. The smallest absolute Gasteiger partial charge is 0.265 e. The molecule has 0 radical (unpaired) electrons. The number of benzene rings is 2. The Morgan fingerprint density at radius 2 is 1.93 bits per heavy atom. The Bertz CT molecular complexity index is 1110. The molecule has 3 aromatic rings. The second kappa shape index (κ2) is 6.85. The van der Waals surface area contributed by atoms with Crippen LogP contribution in [-0.4, -0.2) is 48.0 Å². The number of nitrogens with one attached hydrogen (secondary N) is 2. The van der Waals surface area contributed by atoms with Gasteiger partial charge in [-0.05, 0) is 35.9 Å². The van der Waals surface area contributed by atoms with Crippen LogP contribution in [-0.2, 0) is 4.79 Å². The largest absolute Gasteiger partial charge is 0.354 e. The maximum atomic E-state index is 13.7. The lowest BCUT2D eigenvalue weighted by molar-refractivity contribution is -0.134. The minimum absolute atomic E-state index is 0.207. The monoisotopic (exact) mass is 395 g/mol.